The van der Waals surface area contributed by atoms with Crippen LogP contribution in [0.25, 0.3) is 33.1 Å². The fourth-order valence-corrected chi connectivity index (χ4v) is 4.11. The minimum absolute atomic E-state index is 0.0526. The van der Waals surface area contributed by atoms with Crippen molar-refractivity contribution in [3.05, 3.63) is 84.2 Å². The van der Waals surface area contributed by atoms with Crippen molar-refractivity contribution in [3.8, 4) is 11.1 Å². The molecule has 0 radical (unpaired) electrons. The smallest absolute Gasteiger partial charge is 0.269 e. The van der Waals surface area contributed by atoms with Crippen LogP contribution in [0.5, 0.6) is 0 Å². The molecule has 28 heavy (non-hydrogen) atoms. The SMILES string of the molecule is O=c1c2ccc(Cl)cc2n2c3c1c(-c1ccc([N+](=O)[O-])cc1)cc(=O)n3CC2. The van der Waals surface area contributed by atoms with Gasteiger partial charge in [0, 0.05) is 47.3 Å². The summed E-state index contributed by atoms with van der Waals surface area (Å²) in [6.07, 6.45) is 0. The Balaban J connectivity index is 1.94. The molecule has 0 aliphatic carbocycles. The van der Waals surface area contributed by atoms with Crippen LogP contribution in [0.4, 0.5) is 5.69 Å². The van der Waals surface area contributed by atoms with Crippen molar-refractivity contribution in [1.82, 2.24) is 9.13 Å². The zero-order chi connectivity index (χ0) is 19.6. The highest BCUT2D eigenvalue weighted by Gasteiger charge is 2.23. The van der Waals surface area contributed by atoms with E-state index >= 15 is 0 Å². The summed E-state index contributed by atoms with van der Waals surface area (Å²) < 4.78 is 3.53. The second-order valence-electron chi connectivity index (χ2n) is 6.69. The van der Waals surface area contributed by atoms with Gasteiger partial charge in [0.05, 0.1) is 15.8 Å². The first kappa shape index (κ1) is 16.7. The Morgan fingerprint density at radius 3 is 2.39 bits per heavy atom. The van der Waals surface area contributed by atoms with E-state index in [0.717, 1.165) is 0 Å². The van der Waals surface area contributed by atoms with Gasteiger partial charge < -0.3 is 4.57 Å². The lowest BCUT2D eigenvalue weighted by Gasteiger charge is -2.13. The van der Waals surface area contributed by atoms with Gasteiger partial charge in [0.1, 0.15) is 5.65 Å². The number of halogens is 1. The van der Waals surface area contributed by atoms with Gasteiger partial charge >= 0.3 is 0 Å². The monoisotopic (exact) mass is 393 g/mol. The summed E-state index contributed by atoms with van der Waals surface area (Å²) in [6, 6.07) is 12.4. The molecular formula is C20H12ClN3O4. The molecule has 0 bridgehead atoms. The summed E-state index contributed by atoms with van der Waals surface area (Å²) in [5.74, 6) is 0. The summed E-state index contributed by atoms with van der Waals surface area (Å²) in [4.78, 5) is 36.5. The summed E-state index contributed by atoms with van der Waals surface area (Å²) >= 11 is 6.13. The minimum Gasteiger partial charge on any atom is -0.325 e. The molecule has 138 valence electrons. The summed E-state index contributed by atoms with van der Waals surface area (Å²) in [5.41, 5.74) is 1.84. The normalized spacial score (nSPS) is 12.8. The summed E-state index contributed by atoms with van der Waals surface area (Å²) in [5, 5.41) is 12.4. The molecule has 2 aromatic heterocycles. The third kappa shape index (κ3) is 2.23. The molecule has 0 saturated heterocycles. The fraction of sp³-hybridized carbons (Fsp3) is 0.100. The molecule has 0 fully saturated rings. The number of aryl methyl sites for hydroxylation is 2. The maximum Gasteiger partial charge on any atom is 0.269 e. The van der Waals surface area contributed by atoms with E-state index in [4.69, 9.17) is 11.6 Å². The molecule has 0 unspecified atom stereocenters. The number of aromatic nitrogens is 2. The molecule has 0 N–H and O–H groups in total. The number of nitro groups is 1. The largest absolute Gasteiger partial charge is 0.325 e. The van der Waals surface area contributed by atoms with E-state index in [9.17, 15) is 19.7 Å². The van der Waals surface area contributed by atoms with Crippen LogP contribution >= 0.6 is 11.6 Å². The second kappa shape index (κ2) is 5.77. The van der Waals surface area contributed by atoms with Gasteiger partial charge in [-0.05, 0) is 35.9 Å². The van der Waals surface area contributed by atoms with Gasteiger partial charge in [0.25, 0.3) is 11.2 Å². The number of rotatable bonds is 2. The molecule has 7 nitrogen and oxygen atoms in total. The Bertz CT molecular complexity index is 1440. The first-order valence-electron chi connectivity index (χ1n) is 8.60. The highest BCUT2D eigenvalue weighted by atomic mass is 35.5. The van der Waals surface area contributed by atoms with Crippen LogP contribution in [-0.4, -0.2) is 14.1 Å². The molecule has 0 spiro atoms. The van der Waals surface area contributed by atoms with Crippen molar-refractivity contribution in [2.24, 2.45) is 0 Å². The molecule has 0 saturated carbocycles. The molecule has 2 aromatic carbocycles. The van der Waals surface area contributed by atoms with E-state index < -0.39 is 4.92 Å². The third-order valence-corrected chi connectivity index (χ3v) is 5.43. The van der Waals surface area contributed by atoms with Gasteiger partial charge in [-0.3, -0.25) is 24.3 Å². The van der Waals surface area contributed by atoms with Gasteiger partial charge in [-0.1, -0.05) is 11.6 Å². The lowest BCUT2D eigenvalue weighted by Crippen LogP contribution is -2.20. The first-order chi connectivity index (χ1) is 13.5. The number of pyridine rings is 2. The molecule has 4 aromatic rings. The van der Waals surface area contributed by atoms with Crippen molar-refractivity contribution >= 4 is 39.2 Å². The first-order valence-corrected chi connectivity index (χ1v) is 8.98. The van der Waals surface area contributed by atoms with E-state index in [1.165, 1.54) is 18.2 Å². The number of nitrogens with zero attached hydrogens (tertiary/aromatic N) is 3. The fourth-order valence-electron chi connectivity index (χ4n) is 3.94. The molecule has 0 atom stereocenters. The van der Waals surface area contributed by atoms with E-state index in [1.807, 2.05) is 4.57 Å². The predicted molar refractivity (Wildman–Crippen MR) is 107 cm³/mol. The maximum absolute atomic E-state index is 13.3. The standard InChI is InChI=1S/C20H12ClN3O4/c21-12-3-6-14-16(9-12)22-7-8-23-17(25)10-15(18(19(14)26)20(22)23)11-1-4-13(5-2-11)24(27)28/h1-6,9-10H,7-8H2. The van der Waals surface area contributed by atoms with Crippen molar-refractivity contribution in [2.45, 2.75) is 13.1 Å². The third-order valence-electron chi connectivity index (χ3n) is 5.20. The number of nitro benzene ring substituents is 1. The quantitative estimate of drug-likeness (QED) is 0.296. The Morgan fingerprint density at radius 2 is 1.68 bits per heavy atom. The summed E-state index contributed by atoms with van der Waals surface area (Å²) in [6.45, 7) is 1.04. The van der Waals surface area contributed by atoms with Gasteiger partial charge in [-0.15, -0.1) is 0 Å². The maximum atomic E-state index is 13.3. The van der Waals surface area contributed by atoms with Crippen LogP contribution in [0.1, 0.15) is 0 Å². The Labute approximate surface area is 162 Å². The van der Waals surface area contributed by atoms with Crippen LogP contribution in [0.15, 0.2) is 58.1 Å². The van der Waals surface area contributed by atoms with E-state index in [-0.39, 0.29) is 16.7 Å². The van der Waals surface area contributed by atoms with Crippen LogP contribution in [0, 0.1) is 10.1 Å². The van der Waals surface area contributed by atoms with Crippen molar-refractivity contribution < 1.29 is 4.92 Å². The second-order valence-corrected chi connectivity index (χ2v) is 7.13. The van der Waals surface area contributed by atoms with Crippen LogP contribution < -0.4 is 11.0 Å². The predicted octanol–water partition coefficient (Wildman–Crippen LogP) is 3.56. The van der Waals surface area contributed by atoms with Gasteiger partial charge in [0.2, 0.25) is 0 Å². The zero-order valence-electron chi connectivity index (χ0n) is 14.4. The number of hydrogen-bond acceptors (Lipinski definition) is 4. The van der Waals surface area contributed by atoms with Crippen molar-refractivity contribution in [2.75, 3.05) is 0 Å². The average molecular weight is 394 g/mol. The van der Waals surface area contributed by atoms with E-state index in [2.05, 4.69) is 0 Å². The highest BCUT2D eigenvalue weighted by Crippen LogP contribution is 2.31. The minimum atomic E-state index is -0.488. The lowest BCUT2D eigenvalue weighted by molar-refractivity contribution is -0.384. The molecule has 8 heteroatoms. The highest BCUT2D eigenvalue weighted by molar-refractivity contribution is 6.31. The van der Waals surface area contributed by atoms with Crippen LogP contribution in [0.2, 0.25) is 5.02 Å². The lowest BCUT2D eigenvalue weighted by atomic mass is 10.0. The molecule has 5 rings (SSSR count). The number of hydrogen-bond donors (Lipinski definition) is 0. The molecule has 3 heterocycles. The van der Waals surface area contributed by atoms with Gasteiger partial charge in [-0.25, -0.2) is 0 Å². The van der Waals surface area contributed by atoms with Gasteiger partial charge in [-0.2, -0.15) is 0 Å². The number of non-ortho nitro benzene ring substituents is 1. The zero-order valence-corrected chi connectivity index (χ0v) is 15.1. The van der Waals surface area contributed by atoms with Crippen LogP contribution in [-0.2, 0) is 13.1 Å². The summed E-state index contributed by atoms with van der Waals surface area (Å²) in [7, 11) is 0. The van der Waals surface area contributed by atoms with E-state index in [1.54, 1.807) is 34.9 Å². The van der Waals surface area contributed by atoms with Crippen LogP contribution in [0.3, 0.4) is 0 Å². The molecule has 1 aliphatic heterocycles. The number of benzene rings is 2. The molecule has 1 aliphatic rings. The Kier molecular flexibility index (Phi) is 3.44. The average Bonchev–Trinajstić information content (AvgIpc) is 3.13. The Hall–Kier alpha value is -3.45. The number of fused-ring (bicyclic) bond motifs is 2. The van der Waals surface area contributed by atoms with Crippen molar-refractivity contribution in [3.63, 3.8) is 0 Å². The van der Waals surface area contributed by atoms with E-state index in [0.29, 0.717) is 51.2 Å². The molecular weight excluding hydrogens is 382 g/mol. The van der Waals surface area contributed by atoms with Crippen molar-refractivity contribution in [1.29, 1.82) is 0 Å². The topological polar surface area (TPSA) is 87.1 Å². The van der Waals surface area contributed by atoms with Gasteiger partial charge in [0.15, 0.2) is 5.43 Å². The molecule has 0 amide bonds. The Morgan fingerprint density at radius 1 is 0.964 bits per heavy atom.